The highest BCUT2D eigenvalue weighted by Crippen LogP contribution is 2.25. The number of methoxy groups -OCH3 is 1. The van der Waals surface area contributed by atoms with Crippen LogP contribution in [-0.2, 0) is 6.54 Å². The molecule has 0 bridgehead atoms. The predicted molar refractivity (Wildman–Crippen MR) is 106 cm³/mol. The molecule has 0 aliphatic rings. The number of hydrogen-bond donors (Lipinski definition) is 2. The summed E-state index contributed by atoms with van der Waals surface area (Å²) in [7, 11) is 1.60. The van der Waals surface area contributed by atoms with Crippen LogP contribution in [0.15, 0.2) is 53.1 Å². The fourth-order valence-electron chi connectivity index (χ4n) is 2.94. The zero-order chi connectivity index (χ0) is 21.1. The average molecular weight is 407 g/mol. The number of ether oxygens (including phenoxy) is 1. The van der Waals surface area contributed by atoms with Crippen molar-refractivity contribution in [3.05, 3.63) is 71.5 Å². The van der Waals surface area contributed by atoms with E-state index in [1.165, 1.54) is 12.1 Å². The first-order valence-electron chi connectivity index (χ1n) is 9.11. The lowest BCUT2D eigenvalue weighted by molar-refractivity contribution is 0.0949. The Hall–Kier alpha value is -4.01. The number of rotatable bonds is 6. The zero-order valence-electron chi connectivity index (χ0n) is 16.3. The molecule has 2 heterocycles. The first kappa shape index (κ1) is 19.3. The Labute approximate surface area is 171 Å². The Bertz CT molecular complexity index is 1170. The van der Waals surface area contributed by atoms with E-state index >= 15 is 0 Å². The summed E-state index contributed by atoms with van der Waals surface area (Å²) in [5, 5.41) is 13.7. The summed E-state index contributed by atoms with van der Waals surface area (Å²) in [6.45, 7) is 1.78. The van der Waals surface area contributed by atoms with Gasteiger partial charge < -0.3 is 14.6 Å². The van der Waals surface area contributed by atoms with E-state index < -0.39 is 0 Å². The maximum absolute atomic E-state index is 13.2. The monoisotopic (exact) mass is 407 g/mol. The summed E-state index contributed by atoms with van der Waals surface area (Å²) in [6, 6.07) is 13.0. The molecule has 4 aromatic rings. The van der Waals surface area contributed by atoms with E-state index in [9.17, 15) is 9.18 Å². The molecule has 0 aliphatic carbocycles. The molecule has 4 rings (SSSR count). The molecule has 1 amide bonds. The van der Waals surface area contributed by atoms with Crippen LogP contribution in [0.2, 0.25) is 0 Å². The molecule has 2 aromatic carbocycles. The van der Waals surface area contributed by atoms with Gasteiger partial charge in [-0.2, -0.15) is 5.10 Å². The van der Waals surface area contributed by atoms with Crippen molar-refractivity contribution in [1.82, 2.24) is 25.7 Å². The smallest absolute Gasteiger partial charge is 0.257 e. The van der Waals surface area contributed by atoms with Crippen molar-refractivity contribution in [2.45, 2.75) is 13.5 Å². The molecule has 0 spiro atoms. The number of aromatic nitrogens is 4. The van der Waals surface area contributed by atoms with Crippen LogP contribution in [0.4, 0.5) is 4.39 Å². The van der Waals surface area contributed by atoms with Crippen molar-refractivity contribution in [3.63, 3.8) is 0 Å². The van der Waals surface area contributed by atoms with Crippen LogP contribution < -0.4 is 10.1 Å². The van der Waals surface area contributed by atoms with E-state index in [-0.39, 0.29) is 23.8 Å². The number of aryl methyl sites for hydroxylation is 1. The number of nitrogens with zero attached hydrogens (tertiary/aromatic N) is 3. The highest BCUT2D eigenvalue weighted by Gasteiger charge is 2.22. The van der Waals surface area contributed by atoms with Crippen molar-refractivity contribution in [1.29, 1.82) is 0 Å². The van der Waals surface area contributed by atoms with Gasteiger partial charge in [0.25, 0.3) is 5.91 Å². The highest BCUT2D eigenvalue weighted by molar-refractivity contribution is 6.00. The molecule has 0 aliphatic heterocycles. The van der Waals surface area contributed by atoms with E-state index in [0.717, 1.165) is 11.3 Å². The van der Waals surface area contributed by atoms with E-state index in [1.807, 2.05) is 24.3 Å². The van der Waals surface area contributed by atoms with Crippen LogP contribution in [0.5, 0.6) is 5.75 Å². The molecule has 0 radical (unpaired) electrons. The van der Waals surface area contributed by atoms with E-state index in [1.54, 1.807) is 26.2 Å². The van der Waals surface area contributed by atoms with Crippen LogP contribution in [0.3, 0.4) is 0 Å². The van der Waals surface area contributed by atoms with Gasteiger partial charge in [-0.15, -0.1) is 0 Å². The van der Waals surface area contributed by atoms with Crippen molar-refractivity contribution in [2.24, 2.45) is 0 Å². The predicted octanol–water partition coefficient (Wildman–Crippen LogP) is 3.51. The number of halogens is 1. The third-order valence-corrected chi connectivity index (χ3v) is 4.50. The number of carbonyl (C=O) groups excluding carboxylic acids is 1. The topological polar surface area (TPSA) is 106 Å². The van der Waals surface area contributed by atoms with Gasteiger partial charge in [0.2, 0.25) is 0 Å². The summed E-state index contributed by atoms with van der Waals surface area (Å²) in [4.78, 5) is 17.1. The second-order valence-corrected chi connectivity index (χ2v) is 6.49. The molecule has 2 aromatic heterocycles. The Morgan fingerprint density at radius 2 is 1.83 bits per heavy atom. The number of amides is 1. The van der Waals surface area contributed by atoms with Gasteiger partial charge in [0.15, 0.2) is 5.82 Å². The van der Waals surface area contributed by atoms with Gasteiger partial charge in [-0.25, -0.2) is 9.37 Å². The molecule has 8 nitrogen and oxygen atoms in total. The van der Waals surface area contributed by atoms with Gasteiger partial charge in [-0.3, -0.25) is 9.89 Å². The highest BCUT2D eigenvalue weighted by atomic mass is 19.1. The van der Waals surface area contributed by atoms with Crippen LogP contribution in [0.25, 0.3) is 22.6 Å². The number of H-pyrrole nitrogens is 1. The SMILES string of the molecule is COc1ccc(-c2n[nH]c(CNC(=O)c3c(-c4ccc(F)cc4)noc3C)n2)cc1. The average Bonchev–Trinajstić information content (AvgIpc) is 3.39. The maximum Gasteiger partial charge on any atom is 0.257 e. The number of nitrogens with one attached hydrogen (secondary N) is 2. The number of benzene rings is 2. The molecular formula is C21H18FN5O3. The zero-order valence-corrected chi connectivity index (χ0v) is 16.3. The van der Waals surface area contributed by atoms with Crippen LogP contribution >= 0.6 is 0 Å². The second kappa shape index (κ2) is 8.16. The van der Waals surface area contributed by atoms with Gasteiger partial charge in [-0.05, 0) is 55.5 Å². The van der Waals surface area contributed by atoms with Crippen molar-refractivity contribution in [3.8, 4) is 28.4 Å². The second-order valence-electron chi connectivity index (χ2n) is 6.49. The Morgan fingerprint density at radius 1 is 1.13 bits per heavy atom. The minimum absolute atomic E-state index is 0.134. The number of aromatic amines is 1. The van der Waals surface area contributed by atoms with Gasteiger partial charge in [-0.1, -0.05) is 5.16 Å². The summed E-state index contributed by atoms with van der Waals surface area (Å²) in [5.41, 5.74) is 2.04. The molecular weight excluding hydrogens is 389 g/mol. The van der Waals surface area contributed by atoms with Crippen LogP contribution in [-0.4, -0.2) is 33.4 Å². The molecule has 30 heavy (non-hydrogen) atoms. The molecule has 0 fully saturated rings. The Kier molecular flexibility index (Phi) is 5.25. The summed E-state index contributed by atoms with van der Waals surface area (Å²) in [6.07, 6.45) is 0. The van der Waals surface area contributed by atoms with Crippen LogP contribution in [0.1, 0.15) is 21.9 Å². The van der Waals surface area contributed by atoms with E-state index in [4.69, 9.17) is 9.26 Å². The summed E-state index contributed by atoms with van der Waals surface area (Å²) in [5.74, 6) is 1.35. The molecule has 0 unspecified atom stereocenters. The first-order chi connectivity index (χ1) is 14.5. The maximum atomic E-state index is 13.2. The first-order valence-corrected chi connectivity index (χ1v) is 9.11. The van der Waals surface area contributed by atoms with Crippen molar-refractivity contribution < 1.29 is 18.4 Å². The lowest BCUT2D eigenvalue weighted by atomic mass is 10.1. The summed E-state index contributed by atoms with van der Waals surface area (Å²) < 4.78 is 23.5. The minimum atomic E-state index is -0.379. The number of hydrogen-bond acceptors (Lipinski definition) is 6. The fourth-order valence-corrected chi connectivity index (χ4v) is 2.94. The van der Waals surface area contributed by atoms with Gasteiger partial charge in [0, 0.05) is 11.1 Å². The van der Waals surface area contributed by atoms with Gasteiger partial charge in [0.05, 0.1) is 13.7 Å². The molecule has 0 atom stereocenters. The van der Waals surface area contributed by atoms with Crippen molar-refractivity contribution in [2.75, 3.05) is 7.11 Å². The van der Waals surface area contributed by atoms with E-state index in [0.29, 0.717) is 28.7 Å². The van der Waals surface area contributed by atoms with E-state index in [2.05, 4.69) is 25.7 Å². The van der Waals surface area contributed by atoms with Gasteiger partial charge >= 0.3 is 0 Å². The Balaban J connectivity index is 1.47. The number of carbonyl (C=O) groups is 1. The Morgan fingerprint density at radius 3 is 2.53 bits per heavy atom. The normalized spacial score (nSPS) is 10.8. The third-order valence-electron chi connectivity index (χ3n) is 4.50. The van der Waals surface area contributed by atoms with Gasteiger partial charge in [0.1, 0.15) is 34.4 Å². The quantitative estimate of drug-likeness (QED) is 0.507. The molecule has 9 heteroatoms. The third kappa shape index (κ3) is 3.90. The standard InChI is InChI=1S/C21H18FN5O3/c1-12-18(19(27-30-12)13-3-7-15(22)8-4-13)21(28)23-11-17-24-20(26-25-17)14-5-9-16(29-2)10-6-14/h3-10H,11H2,1-2H3,(H,23,28)(H,24,25,26). The summed E-state index contributed by atoms with van der Waals surface area (Å²) >= 11 is 0. The fraction of sp³-hybridized carbons (Fsp3) is 0.143. The molecule has 0 saturated heterocycles. The lowest BCUT2D eigenvalue weighted by Gasteiger charge is -2.04. The molecule has 2 N–H and O–H groups in total. The van der Waals surface area contributed by atoms with Crippen LogP contribution in [0, 0.1) is 12.7 Å². The lowest BCUT2D eigenvalue weighted by Crippen LogP contribution is -2.24. The minimum Gasteiger partial charge on any atom is -0.497 e. The van der Waals surface area contributed by atoms with Crippen molar-refractivity contribution >= 4 is 5.91 Å². The molecule has 152 valence electrons. The molecule has 0 saturated carbocycles. The largest absolute Gasteiger partial charge is 0.497 e.